The Hall–Kier alpha value is -2.95. The Morgan fingerprint density at radius 1 is 1.10 bits per heavy atom. The van der Waals surface area contributed by atoms with E-state index in [0.29, 0.717) is 16.8 Å². The van der Waals surface area contributed by atoms with E-state index in [-0.39, 0.29) is 11.7 Å². The quantitative estimate of drug-likeness (QED) is 0.724. The van der Waals surface area contributed by atoms with Gasteiger partial charge in [0.2, 0.25) is 0 Å². The molecule has 0 aliphatic heterocycles. The van der Waals surface area contributed by atoms with Gasteiger partial charge in [-0.25, -0.2) is 4.98 Å². The molecule has 3 rings (SSSR count). The van der Waals surface area contributed by atoms with Crippen molar-refractivity contribution in [2.45, 2.75) is 6.92 Å². The van der Waals surface area contributed by atoms with E-state index < -0.39 is 0 Å². The highest BCUT2D eigenvalue weighted by atomic mass is 16.1. The third kappa shape index (κ3) is 2.67. The van der Waals surface area contributed by atoms with Gasteiger partial charge in [-0.2, -0.15) is 0 Å². The number of rotatable bonds is 3. The first kappa shape index (κ1) is 13.1. The minimum Gasteiger partial charge on any atom is -0.345 e. The number of Topliss-reactive ketones (excluding diaryl/α,β-unsaturated/α-hetero) is 1. The number of ketones is 1. The zero-order valence-corrected chi connectivity index (χ0v) is 11.4. The summed E-state index contributed by atoms with van der Waals surface area (Å²) in [6, 6.07) is 12.1. The summed E-state index contributed by atoms with van der Waals surface area (Å²) in [6.45, 7) is 1.49. The molecule has 5 nitrogen and oxygen atoms in total. The molecule has 0 aliphatic rings. The lowest BCUT2D eigenvalue weighted by atomic mass is 10.1. The molecule has 1 aromatic heterocycles. The van der Waals surface area contributed by atoms with E-state index in [9.17, 15) is 9.59 Å². The van der Waals surface area contributed by atoms with Crippen molar-refractivity contribution in [2.75, 3.05) is 5.32 Å². The van der Waals surface area contributed by atoms with E-state index >= 15 is 0 Å². The van der Waals surface area contributed by atoms with Gasteiger partial charge >= 0.3 is 0 Å². The number of carbonyl (C=O) groups is 2. The highest BCUT2D eigenvalue weighted by molar-refractivity contribution is 6.06. The van der Waals surface area contributed by atoms with Crippen LogP contribution in [0, 0.1) is 0 Å². The van der Waals surface area contributed by atoms with Gasteiger partial charge in [-0.1, -0.05) is 12.1 Å². The maximum absolute atomic E-state index is 12.2. The van der Waals surface area contributed by atoms with Gasteiger partial charge in [0.15, 0.2) is 5.78 Å². The number of H-pyrrole nitrogens is 1. The van der Waals surface area contributed by atoms with Gasteiger partial charge in [-0.15, -0.1) is 0 Å². The Kier molecular flexibility index (Phi) is 3.23. The Morgan fingerprint density at radius 3 is 2.76 bits per heavy atom. The molecule has 0 unspecified atom stereocenters. The normalized spacial score (nSPS) is 10.5. The van der Waals surface area contributed by atoms with Crippen LogP contribution in [-0.2, 0) is 0 Å². The molecule has 0 spiro atoms. The van der Waals surface area contributed by atoms with Gasteiger partial charge in [-0.05, 0) is 37.3 Å². The molecule has 0 atom stereocenters. The van der Waals surface area contributed by atoms with E-state index in [0.717, 1.165) is 11.0 Å². The predicted molar refractivity (Wildman–Crippen MR) is 80.5 cm³/mol. The topological polar surface area (TPSA) is 74.8 Å². The van der Waals surface area contributed by atoms with Crippen LogP contribution in [0.2, 0.25) is 0 Å². The number of hydrogen-bond acceptors (Lipinski definition) is 3. The fourth-order valence-electron chi connectivity index (χ4n) is 2.10. The minimum absolute atomic E-state index is 0.0371. The van der Waals surface area contributed by atoms with Crippen LogP contribution in [0.15, 0.2) is 48.8 Å². The number of carbonyl (C=O) groups excluding carboxylic acids is 2. The van der Waals surface area contributed by atoms with Crippen molar-refractivity contribution >= 4 is 28.4 Å². The predicted octanol–water partition coefficient (Wildman–Crippen LogP) is 3.02. The summed E-state index contributed by atoms with van der Waals surface area (Å²) in [4.78, 5) is 30.7. The third-order valence-corrected chi connectivity index (χ3v) is 3.21. The molecular formula is C16H13N3O2. The molecule has 0 bridgehead atoms. The van der Waals surface area contributed by atoms with Crippen molar-refractivity contribution in [1.29, 1.82) is 0 Å². The standard InChI is InChI=1S/C16H13N3O2/c1-10(20)11-3-2-4-13(7-11)19-16(21)12-5-6-14-15(8-12)18-9-17-14/h2-9H,1H3,(H,17,18)(H,19,21). The molecular weight excluding hydrogens is 266 g/mol. The molecule has 0 fully saturated rings. The molecule has 21 heavy (non-hydrogen) atoms. The molecule has 0 radical (unpaired) electrons. The van der Waals surface area contributed by atoms with Gasteiger partial charge < -0.3 is 10.3 Å². The summed E-state index contributed by atoms with van der Waals surface area (Å²) >= 11 is 0. The van der Waals surface area contributed by atoms with Crippen LogP contribution in [-0.4, -0.2) is 21.7 Å². The monoisotopic (exact) mass is 279 g/mol. The number of amides is 1. The van der Waals surface area contributed by atoms with Crippen molar-refractivity contribution in [3.63, 3.8) is 0 Å². The number of nitrogens with one attached hydrogen (secondary N) is 2. The van der Waals surface area contributed by atoms with Crippen molar-refractivity contribution < 1.29 is 9.59 Å². The Labute approximate surface area is 121 Å². The van der Waals surface area contributed by atoms with E-state index in [1.807, 2.05) is 0 Å². The Balaban J connectivity index is 1.85. The van der Waals surface area contributed by atoms with Crippen molar-refractivity contribution in [3.8, 4) is 0 Å². The van der Waals surface area contributed by atoms with Crippen LogP contribution < -0.4 is 5.32 Å². The van der Waals surface area contributed by atoms with E-state index in [4.69, 9.17) is 0 Å². The van der Waals surface area contributed by atoms with Gasteiger partial charge in [0.05, 0.1) is 17.4 Å². The zero-order chi connectivity index (χ0) is 14.8. The summed E-state index contributed by atoms with van der Waals surface area (Å²) in [5, 5.41) is 2.78. The highest BCUT2D eigenvalue weighted by Gasteiger charge is 2.09. The first-order chi connectivity index (χ1) is 10.1. The smallest absolute Gasteiger partial charge is 0.255 e. The van der Waals surface area contributed by atoms with Gasteiger partial charge in [0.1, 0.15) is 0 Å². The molecule has 2 N–H and O–H groups in total. The molecule has 1 amide bonds. The maximum atomic E-state index is 12.2. The second kappa shape index (κ2) is 5.20. The number of imidazole rings is 1. The van der Waals surface area contributed by atoms with Crippen LogP contribution >= 0.6 is 0 Å². The number of aromatic nitrogens is 2. The van der Waals surface area contributed by atoms with Crippen LogP contribution in [0.3, 0.4) is 0 Å². The Morgan fingerprint density at radius 2 is 1.95 bits per heavy atom. The molecule has 104 valence electrons. The molecule has 2 aromatic carbocycles. The molecule has 5 heteroatoms. The van der Waals surface area contributed by atoms with Crippen LogP contribution in [0.5, 0.6) is 0 Å². The van der Waals surface area contributed by atoms with Crippen molar-refractivity contribution in [3.05, 3.63) is 59.9 Å². The SMILES string of the molecule is CC(=O)c1cccc(NC(=O)c2ccc3nc[nH]c3c2)c1. The maximum Gasteiger partial charge on any atom is 0.255 e. The number of aromatic amines is 1. The molecule has 1 heterocycles. The highest BCUT2D eigenvalue weighted by Crippen LogP contribution is 2.15. The summed E-state index contributed by atoms with van der Waals surface area (Å²) in [7, 11) is 0. The number of anilines is 1. The largest absolute Gasteiger partial charge is 0.345 e. The molecule has 0 saturated carbocycles. The van der Waals surface area contributed by atoms with Gasteiger partial charge in [0.25, 0.3) is 5.91 Å². The second-order valence-electron chi connectivity index (χ2n) is 4.73. The van der Waals surface area contributed by atoms with E-state index in [1.165, 1.54) is 6.92 Å². The van der Waals surface area contributed by atoms with Crippen LogP contribution in [0.1, 0.15) is 27.6 Å². The summed E-state index contributed by atoms with van der Waals surface area (Å²) in [6.07, 6.45) is 1.59. The first-order valence-corrected chi connectivity index (χ1v) is 6.49. The lowest BCUT2D eigenvalue weighted by Crippen LogP contribution is -2.12. The van der Waals surface area contributed by atoms with Crippen molar-refractivity contribution in [1.82, 2.24) is 9.97 Å². The van der Waals surface area contributed by atoms with Crippen LogP contribution in [0.25, 0.3) is 11.0 Å². The van der Waals surface area contributed by atoms with Crippen molar-refractivity contribution in [2.24, 2.45) is 0 Å². The van der Waals surface area contributed by atoms with E-state index in [1.54, 1.807) is 48.8 Å². The lowest BCUT2D eigenvalue weighted by molar-refractivity contribution is 0.101. The minimum atomic E-state index is -0.229. The average Bonchev–Trinajstić information content (AvgIpc) is 2.94. The number of nitrogens with zero attached hydrogens (tertiary/aromatic N) is 1. The van der Waals surface area contributed by atoms with Gasteiger partial charge in [-0.3, -0.25) is 9.59 Å². The Bertz CT molecular complexity index is 836. The van der Waals surface area contributed by atoms with Gasteiger partial charge in [0, 0.05) is 16.8 Å². The van der Waals surface area contributed by atoms with Crippen LogP contribution in [0.4, 0.5) is 5.69 Å². The first-order valence-electron chi connectivity index (χ1n) is 6.49. The number of fused-ring (bicyclic) bond motifs is 1. The summed E-state index contributed by atoms with van der Waals surface area (Å²) < 4.78 is 0. The average molecular weight is 279 g/mol. The summed E-state index contributed by atoms with van der Waals surface area (Å²) in [5.41, 5.74) is 3.31. The van der Waals surface area contributed by atoms with E-state index in [2.05, 4.69) is 15.3 Å². The molecule has 3 aromatic rings. The fourth-order valence-corrected chi connectivity index (χ4v) is 2.10. The number of hydrogen-bond donors (Lipinski definition) is 2. The molecule has 0 saturated heterocycles. The second-order valence-corrected chi connectivity index (χ2v) is 4.73. The zero-order valence-electron chi connectivity index (χ0n) is 11.4. The molecule has 0 aliphatic carbocycles. The number of benzene rings is 2. The fraction of sp³-hybridized carbons (Fsp3) is 0.0625. The lowest BCUT2D eigenvalue weighted by Gasteiger charge is -2.06. The third-order valence-electron chi connectivity index (χ3n) is 3.21. The summed E-state index contributed by atoms with van der Waals surface area (Å²) in [5.74, 6) is -0.266.